The lowest BCUT2D eigenvalue weighted by atomic mass is 9.93. The quantitative estimate of drug-likeness (QED) is 0.574. The highest BCUT2D eigenvalue weighted by Gasteiger charge is 2.29. The fraction of sp³-hybridized carbons (Fsp3) is 0.667. The second-order valence-electron chi connectivity index (χ2n) is 4.04. The molecule has 3 N–H and O–H groups in total. The van der Waals surface area contributed by atoms with Crippen LogP contribution in [0.2, 0.25) is 0 Å². The minimum absolute atomic E-state index is 0.0240. The van der Waals surface area contributed by atoms with Gasteiger partial charge in [-0.3, -0.25) is 10.1 Å². The molecular formula is C9H14N4O3. The van der Waals surface area contributed by atoms with Crippen LogP contribution in [-0.4, -0.2) is 25.9 Å². The first-order valence-corrected chi connectivity index (χ1v) is 5.26. The Bertz CT molecular complexity index is 403. The zero-order valence-corrected chi connectivity index (χ0v) is 8.74. The zero-order chi connectivity index (χ0) is 11.7. The van der Waals surface area contributed by atoms with E-state index in [0.29, 0.717) is 6.42 Å². The second kappa shape index (κ2) is 4.09. The van der Waals surface area contributed by atoms with Crippen molar-refractivity contribution in [2.45, 2.75) is 37.8 Å². The summed E-state index contributed by atoms with van der Waals surface area (Å²) in [6, 6.07) is -0.234. The van der Waals surface area contributed by atoms with Crippen molar-refractivity contribution in [3.8, 4) is 0 Å². The van der Waals surface area contributed by atoms with Gasteiger partial charge in [0.2, 0.25) is 5.82 Å². The van der Waals surface area contributed by atoms with E-state index in [-0.39, 0.29) is 17.5 Å². The predicted octanol–water partition coefficient (Wildman–Crippen LogP) is 0.849. The summed E-state index contributed by atoms with van der Waals surface area (Å²) in [7, 11) is 0. The summed E-state index contributed by atoms with van der Waals surface area (Å²) in [6.45, 7) is 0. The number of aromatic nitrogens is 2. The third-order valence-electron chi connectivity index (χ3n) is 3.02. The first-order valence-electron chi connectivity index (χ1n) is 5.26. The SMILES string of the molecule is Nc1c([N+](=O)[O-])cnn1C1CCCCC1O. The summed E-state index contributed by atoms with van der Waals surface area (Å²) in [4.78, 5) is 10.0. The molecule has 0 radical (unpaired) electrons. The number of hydrogen-bond donors (Lipinski definition) is 2. The molecule has 7 heteroatoms. The Kier molecular flexibility index (Phi) is 2.78. The van der Waals surface area contributed by atoms with E-state index in [0.717, 1.165) is 25.5 Å². The molecule has 16 heavy (non-hydrogen) atoms. The Hall–Kier alpha value is -1.63. The summed E-state index contributed by atoms with van der Waals surface area (Å²) in [5.74, 6) is 0.0240. The molecule has 0 aliphatic heterocycles. The maximum atomic E-state index is 10.6. The molecule has 1 saturated carbocycles. The van der Waals surface area contributed by atoms with Gasteiger partial charge in [-0.05, 0) is 12.8 Å². The van der Waals surface area contributed by atoms with Crippen molar-refractivity contribution < 1.29 is 10.0 Å². The van der Waals surface area contributed by atoms with E-state index >= 15 is 0 Å². The Morgan fingerprint density at radius 2 is 2.25 bits per heavy atom. The lowest BCUT2D eigenvalue weighted by molar-refractivity contribution is -0.384. The molecule has 1 aliphatic rings. The maximum absolute atomic E-state index is 10.6. The number of nitrogens with two attached hydrogens (primary N) is 1. The monoisotopic (exact) mass is 226 g/mol. The average molecular weight is 226 g/mol. The van der Waals surface area contributed by atoms with E-state index in [9.17, 15) is 15.2 Å². The number of nitro groups is 1. The topological polar surface area (TPSA) is 107 Å². The van der Waals surface area contributed by atoms with Crippen LogP contribution in [0.5, 0.6) is 0 Å². The summed E-state index contributed by atoms with van der Waals surface area (Å²) in [5, 5.41) is 24.3. The van der Waals surface area contributed by atoms with Gasteiger partial charge in [0, 0.05) is 0 Å². The Morgan fingerprint density at radius 3 is 2.81 bits per heavy atom. The molecule has 0 spiro atoms. The van der Waals surface area contributed by atoms with Gasteiger partial charge < -0.3 is 10.8 Å². The van der Waals surface area contributed by atoms with E-state index in [1.165, 1.54) is 4.68 Å². The van der Waals surface area contributed by atoms with Gasteiger partial charge in [0.1, 0.15) is 6.20 Å². The molecule has 1 fully saturated rings. The van der Waals surface area contributed by atoms with E-state index in [2.05, 4.69) is 5.10 Å². The third kappa shape index (κ3) is 1.73. The Morgan fingerprint density at radius 1 is 1.56 bits per heavy atom. The van der Waals surface area contributed by atoms with Gasteiger partial charge in [0.25, 0.3) is 0 Å². The fourth-order valence-electron chi connectivity index (χ4n) is 2.14. The molecule has 1 aromatic heterocycles. The maximum Gasteiger partial charge on any atom is 0.330 e. The molecule has 1 aliphatic carbocycles. The molecule has 0 saturated heterocycles. The van der Waals surface area contributed by atoms with Crippen molar-refractivity contribution in [2.24, 2.45) is 0 Å². The van der Waals surface area contributed by atoms with Gasteiger partial charge in [0.15, 0.2) is 0 Å². The highest BCUT2D eigenvalue weighted by atomic mass is 16.6. The second-order valence-corrected chi connectivity index (χ2v) is 4.04. The number of nitrogen functional groups attached to an aromatic ring is 1. The average Bonchev–Trinajstić information content (AvgIpc) is 2.61. The third-order valence-corrected chi connectivity index (χ3v) is 3.02. The number of nitrogens with zero attached hydrogens (tertiary/aromatic N) is 3. The summed E-state index contributed by atoms with van der Waals surface area (Å²) >= 11 is 0. The molecule has 2 rings (SSSR count). The van der Waals surface area contributed by atoms with Gasteiger partial charge in [-0.2, -0.15) is 5.10 Å². The van der Waals surface area contributed by atoms with Crippen LogP contribution in [0, 0.1) is 10.1 Å². The van der Waals surface area contributed by atoms with Gasteiger partial charge in [-0.1, -0.05) is 12.8 Å². The smallest absolute Gasteiger partial charge is 0.330 e. The van der Waals surface area contributed by atoms with Gasteiger partial charge >= 0.3 is 5.69 Å². The molecule has 0 bridgehead atoms. The van der Waals surface area contributed by atoms with Crippen molar-refractivity contribution in [3.05, 3.63) is 16.3 Å². The molecule has 1 heterocycles. The van der Waals surface area contributed by atoms with Gasteiger partial charge in [-0.25, -0.2) is 4.68 Å². The van der Waals surface area contributed by atoms with Crippen LogP contribution in [-0.2, 0) is 0 Å². The molecule has 0 amide bonds. The summed E-state index contributed by atoms with van der Waals surface area (Å²) in [5.41, 5.74) is 5.45. The van der Waals surface area contributed by atoms with Crippen molar-refractivity contribution in [1.29, 1.82) is 0 Å². The molecule has 88 valence electrons. The fourth-order valence-corrected chi connectivity index (χ4v) is 2.14. The predicted molar refractivity (Wildman–Crippen MR) is 56.8 cm³/mol. The highest BCUT2D eigenvalue weighted by molar-refractivity contribution is 5.51. The number of anilines is 1. The van der Waals surface area contributed by atoms with Gasteiger partial charge in [-0.15, -0.1) is 0 Å². The molecular weight excluding hydrogens is 212 g/mol. The molecule has 7 nitrogen and oxygen atoms in total. The number of rotatable bonds is 2. The lowest BCUT2D eigenvalue weighted by Crippen LogP contribution is -2.29. The minimum Gasteiger partial charge on any atom is -0.391 e. The summed E-state index contributed by atoms with van der Waals surface area (Å²) in [6.07, 6.45) is 4.02. The highest BCUT2D eigenvalue weighted by Crippen LogP contribution is 2.32. The van der Waals surface area contributed by atoms with Crippen LogP contribution >= 0.6 is 0 Å². The minimum atomic E-state index is -0.561. The normalized spacial score (nSPS) is 25.6. The van der Waals surface area contributed by atoms with Crippen LogP contribution in [0.3, 0.4) is 0 Å². The molecule has 1 aromatic rings. The summed E-state index contributed by atoms with van der Waals surface area (Å²) < 4.78 is 1.38. The van der Waals surface area contributed by atoms with Crippen LogP contribution < -0.4 is 5.73 Å². The van der Waals surface area contributed by atoms with Crippen LogP contribution in [0.4, 0.5) is 11.5 Å². The first kappa shape index (κ1) is 10.9. The van der Waals surface area contributed by atoms with Crippen LogP contribution in [0.15, 0.2) is 6.20 Å². The largest absolute Gasteiger partial charge is 0.391 e. The van der Waals surface area contributed by atoms with Crippen molar-refractivity contribution in [3.63, 3.8) is 0 Å². The van der Waals surface area contributed by atoms with Crippen LogP contribution in [0.25, 0.3) is 0 Å². The van der Waals surface area contributed by atoms with Crippen molar-refractivity contribution in [2.75, 3.05) is 5.73 Å². The molecule has 2 atom stereocenters. The number of aliphatic hydroxyl groups is 1. The van der Waals surface area contributed by atoms with E-state index in [4.69, 9.17) is 5.73 Å². The van der Waals surface area contributed by atoms with E-state index in [1.54, 1.807) is 0 Å². The Labute approximate surface area is 92.0 Å². The van der Waals surface area contributed by atoms with Gasteiger partial charge in [0.05, 0.1) is 17.1 Å². The van der Waals surface area contributed by atoms with E-state index < -0.39 is 11.0 Å². The number of hydrogen-bond acceptors (Lipinski definition) is 5. The first-order chi connectivity index (χ1) is 7.61. The number of aliphatic hydroxyl groups excluding tert-OH is 1. The van der Waals surface area contributed by atoms with Crippen molar-refractivity contribution in [1.82, 2.24) is 9.78 Å². The van der Waals surface area contributed by atoms with Crippen LogP contribution in [0.1, 0.15) is 31.7 Å². The Balaban J connectivity index is 2.29. The molecule has 0 aromatic carbocycles. The standard InChI is InChI=1S/C9H14N4O3/c10-9-7(13(15)16)5-11-12(9)6-3-1-2-4-8(6)14/h5-6,8,14H,1-4,10H2. The zero-order valence-electron chi connectivity index (χ0n) is 8.74. The van der Waals surface area contributed by atoms with E-state index in [1.807, 2.05) is 0 Å². The molecule has 2 unspecified atom stereocenters. The lowest BCUT2D eigenvalue weighted by Gasteiger charge is -2.28. The van der Waals surface area contributed by atoms with Crippen molar-refractivity contribution >= 4 is 11.5 Å².